The van der Waals surface area contributed by atoms with E-state index in [-0.39, 0.29) is 24.3 Å². The maximum atomic E-state index is 13.3. The third kappa shape index (κ3) is 5.51. The molecule has 3 aromatic rings. The van der Waals surface area contributed by atoms with Crippen LogP contribution in [-0.4, -0.2) is 22.8 Å². The van der Waals surface area contributed by atoms with E-state index in [0.29, 0.717) is 0 Å². The molecule has 0 aliphatic heterocycles. The summed E-state index contributed by atoms with van der Waals surface area (Å²) in [6.45, 7) is 2.08. The second-order valence-corrected chi connectivity index (χ2v) is 9.64. The number of aryl methyl sites for hydroxylation is 1. The number of fused-ring (bicyclic) bond motifs is 1. The number of rotatable bonds is 6. The first-order valence-corrected chi connectivity index (χ1v) is 12.5. The molecule has 0 saturated carbocycles. The number of aromatic nitrogens is 1. The van der Waals surface area contributed by atoms with Crippen molar-refractivity contribution in [3.63, 3.8) is 0 Å². The maximum absolute atomic E-state index is 13.3. The molecular weight excluding hydrogens is 434 g/mol. The summed E-state index contributed by atoms with van der Waals surface area (Å²) in [5.41, 5.74) is 8.44. The highest BCUT2D eigenvalue weighted by Gasteiger charge is 2.25. The van der Waals surface area contributed by atoms with Crippen molar-refractivity contribution in [2.24, 2.45) is 0 Å². The second-order valence-electron chi connectivity index (χ2n) is 9.64. The molecule has 178 valence electrons. The van der Waals surface area contributed by atoms with Gasteiger partial charge in [0, 0.05) is 29.2 Å². The number of anilines is 1. The van der Waals surface area contributed by atoms with E-state index in [1.165, 1.54) is 22.3 Å². The van der Waals surface area contributed by atoms with Crippen molar-refractivity contribution in [2.75, 3.05) is 5.32 Å². The van der Waals surface area contributed by atoms with Gasteiger partial charge in [-0.3, -0.25) is 14.6 Å². The Morgan fingerprint density at radius 2 is 1.74 bits per heavy atom. The molecule has 5 heteroatoms. The summed E-state index contributed by atoms with van der Waals surface area (Å²) in [7, 11) is 0. The van der Waals surface area contributed by atoms with Gasteiger partial charge in [0.1, 0.15) is 0 Å². The Morgan fingerprint density at radius 1 is 0.943 bits per heavy atom. The van der Waals surface area contributed by atoms with E-state index in [2.05, 4.69) is 58.9 Å². The van der Waals surface area contributed by atoms with Crippen molar-refractivity contribution in [1.29, 1.82) is 0 Å². The smallest absolute Gasteiger partial charge is 0.251 e. The van der Waals surface area contributed by atoms with Gasteiger partial charge in [0.2, 0.25) is 5.91 Å². The maximum Gasteiger partial charge on any atom is 0.251 e. The second kappa shape index (κ2) is 10.3. The van der Waals surface area contributed by atoms with Gasteiger partial charge < -0.3 is 10.6 Å². The lowest BCUT2D eigenvalue weighted by Gasteiger charge is -2.20. The number of hydrogen-bond acceptors (Lipinski definition) is 3. The van der Waals surface area contributed by atoms with Crippen LogP contribution >= 0.6 is 0 Å². The van der Waals surface area contributed by atoms with Crippen molar-refractivity contribution >= 4 is 23.1 Å². The summed E-state index contributed by atoms with van der Waals surface area (Å²) in [5.74, 6) is -0.0126. The molecule has 2 N–H and O–H groups in total. The Labute approximate surface area is 206 Å². The minimum atomic E-state index is -0.0112. The number of carbonyl (C=O) groups is 2. The number of hydrogen-bond donors (Lipinski definition) is 2. The van der Waals surface area contributed by atoms with Crippen molar-refractivity contribution in [3.8, 4) is 0 Å². The minimum absolute atomic E-state index is 0.00145. The van der Waals surface area contributed by atoms with E-state index in [1.54, 1.807) is 6.20 Å². The highest BCUT2D eigenvalue weighted by molar-refractivity contribution is 6.09. The summed E-state index contributed by atoms with van der Waals surface area (Å²) in [6.07, 6.45) is 7.48. The molecule has 1 heterocycles. The van der Waals surface area contributed by atoms with E-state index in [4.69, 9.17) is 0 Å². The topological polar surface area (TPSA) is 71.1 Å². The zero-order chi connectivity index (χ0) is 24.2. The molecule has 0 spiro atoms. The van der Waals surface area contributed by atoms with Gasteiger partial charge in [-0.05, 0) is 92.0 Å². The normalized spacial score (nSPS) is 17.1. The fourth-order valence-electron chi connectivity index (χ4n) is 5.18. The van der Waals surface area contributed by atoms with Crippen LogP contribution in [0.3, 0.4) is 0 Å². The summed E-state index contributed by atoms with van der Waals surface area (Å²) in [4.78, 5) is 30.0. The minimum Gasteiger partial charge on any atom is -0.352 e. The van der Waals surface area contributed by atoms with Gasteiger partial charge in [-0.15, -0.1) is 0 Å². The standard InChI is InChI=1S/C30H31N3O2/c1-20-9-11-21(12-10-20)27-7-2-3-8-28(27)30(35)33-25-14-13-22-16-26(18-23(22)17-25)32-29(34)19-24-6-4-5-15-31-24/h4-6,9-15,17,26H,2-3,7-8,16,18-19H2,1H3,(H,32,34)(H,33,35). The largest absolute Gasteiger partial charge is 0.352 e. The highest BCUT2D eigenvalue weighted by atomic mass is 16.2. The first-order valence-electron chi connectivity index (χ1n) is 12.5. The number of nitrogens with one attached hydrogen (secondary N) is 2. The van der Waals surface area contributed by atoms with Crippen LogP contribution in [0.2, 0.25) is 0 Å². The third-order valence-corrected chi connectivity index (χ3v) is 6.97. The lowest BCUT2D eigenvalue weighted by molar-refractivity contribution is -0.121. The van der Waals surface area contributed by atoms with Crippen molar-refractivity contribution in [1.82, 2.24) is 10.3 Å². The molecule has 1 aromatic heterocycles. The monoisotopic (exact) mass is 465 g/mol. The van der Waals surface area contributed by atoms with Gasteiger partial charge >= 0.3 is 0 Å². The molecule has 0 fully saturated rings. The zero-order valence-corrected chi connectivity index (χ0v) is 20.1. The van der Waals surface area contributed by atoms with Crippen molar-refractivity contribution < 1.29 is 9.59 Å². The Morgan fingerprint density at radius 3 is 2.54 bits per heavy atom. The van der Waals surface area contributed by atoms with Crippen molar-refractivity contribution in [3.05, 3.63) is 100 Å². The Kier molecular flexibility index (Phi) is 6.75. The molecular formula is C30H31N3O2. The van der Waals surface area contributed by atoms with E-state index < -0.39 is 0 Å². The number of benzene rings is 2. The highest BCUT2D eigenvalue weighted by Crippen LogP contribution is 2.33. The number of carbonyl (C=O) groups excluding carboxylic acids is 2. The summed E-state index contributed by atoms with van der Waals surface area (Å²) in [5, 5.41) is 6.29. The predicted octanol–water partition coefficient (Wildman–Crippen LogP) is 5.18. The quantitative estimate of drug-likeness (QED) is 0.527. The third-order valence-electron chi connectivity index (χ3n) is 6.97. The van der Waals surface area contributed by atoms with Crippen molar-refractivity contribution in [2.45, 2.75) is 57.9 Å². The lowest BCUT2D eigenvalue weighted by atomic mass is 9.86. The van der Waals surface area contributed by atoms with Crippen LogP contribution in [0.15, 0.2) is 72.4 Å². The fraction of sp³-hybridized carbons (Fsp3) is 0.300. The van der Waals surface area contributed by atoms with Crippen LogP contribution in [0.1, 0.15) is 53.6 Å². The van der Waals surface area contributed by atoms with Gasteiger partial charge in [0.25, 0.3) is 5.91 Å². The van der Waals surface area contributed by atoms with E-state index in [1.807, 2.05) is 24.3 Å². The summed E-state index contributed by atoms with van der Waals surface area (Å²) >= 11 is 0. The fourth-order valence-corrected chi connectivity index (χ4v) is 5.18. The number of nitrogens with zero attached hydrogens (tertiary/aromatic N) is 1. The van der Waals surface area contributed by atoms with Gasteiger partial charge in [-0.2, -0.15) is 0 Å². The van der Waals surface area contributed by atoms with Crippen LogP contribution < -0.4 is 10.6 Å². The van der Waals surface area contributed by atoms with Gasteiger partial charge in [0.15, 0.2) is 0 Å². The molecule has 2 amide bonds. The zero-order valence-electron chi connectivity index (χ0n) is 20.1. The average Bonchev–Trinajstić information content (AvgIpc) is 3.26. The molecule has 0 bridgehead atoms. The lowest BCUT2D eigenvalue weighted by Crippen LogP contribution is -2.36. The molecule has 2 aliphatic rings. The Bertz CT molecular complexity index is 1260. The first-order chi connectivity index (χ1) is 17.0. The summed E-state index contributed by atoms with van der Waals surface area (Å²) in [6, 6.07) is 20.3. The molecule has 5 nitrogen and oxygen atoms in total. The van der Waals surface area contributed by atoms with E-state index in [0.717, 1.165) is 61.0 Å². The molecule has 1 atom stereocenters. The molecule has 0 radical (unpaired) electrons. The first kappa shape index (κ1) is 23.0. The SMILES string of the molecule is Cc1ccc(C2=C(C(=O)Nc3ccc4c(c3)CC(NC(=O)Cc3ccccn3)C4)CCCC2)cc1. The number of amides is 2. The molecule has 5 rings (SSSR count). The average molecular weight is 466 g/mol. The van der Waals surface area contributed by atoms with E-state index in [9.17, 15) is 9.59 Å². The summed E-state index contributed by atoms with van der Waals surface area (Å²) < 4.78 is 0. The van der Waals surface area contributed by atoms with Gasteiger partial charge in [-0.25, -0.2) is 0 Å². The van der Waals surface area contributed by atoms with Crippen LogP contribution in [0, 0.1) is 6.92 Å². The van der Waals surface area contributed by atoms with Gasteiger partial charge in [-0.1, -0.05) is 42.0 Å². The van der Waals surface area contributed by atoms with Crippen LogP contribution in [0.5, 0.6) is 0 Å². The Balaban J connectivity index is 1.24. The molecule has 2 aromatic carbocycles. The number of pyridine rings is 1. The predicted molar refractivity (Wildman–Crippen MR) is 139 cm³/mol. The van der Waals surface area contributed by atoms with Crippen LogP contribution in [0.25, 0.3) is 5.57 Å². The molecule has 1 unspecified atom stereocenters. The van der Waals surface area contributed by atoms with E-state index >= 15 is 0 Å². The molecule has 0 saturated heterocycles. The van der Waals surface area contributed by atoms with Crippen LogP contribution in [-0.2, 0) is 28.9 Å². The number of allylic oxidation sites excluding steroid dienone is 1. The molecule has 2 aliphatic carbocycles. The van der Waals surface area contributed by atoms with Gasteiger partial charge in [0.05, 0.1) is 6.42 Å². The van der Waals surface area contributed by atoms with Crippen LogP contribution in [0.4, 0.5) is 5.69 Å². The molecule has 35 heavy (non-hydrogen) atoms. The Hall–Kier alpha value is -3.73.